The van der Waals surface area contributed by atoms with Crippen molar-refractivity contribution in [2.45, 2.75) is 37.8 Å². The predicted molar refractivity (Wildman–Crippen MR) is 140 cm³/mol. The number of aromatic nitrogens is 1. The quantitative estimate of drug-likeness (QED) is 0.377. The van der Waals surface area contributed by atoms with Crippen molar-refractivity contribution < 1.29 is 18.8 Å². The summed E-state index contributed by atoms with van der Waals surface area (Å²) < 4.78 is 5.15. The molecule has 188 valence electrons. The van der Waals surface area contributed by atoms with E-state index in [9.17, 15) is 14.4 Å². The molecule has 1 aliphatic carbocycles. The molecule has 0 saturated heterocycles. The molecule has 1 aliphatic rings. The lowest BCUT2D eigenvalue weighted by Crippen LogP contribution is -2.49. The second-order valence-electron chi connectivity index (χ2n) is 9.10. The molecule has 0 aliphatic heterocycles. The Morgan fingerprint density at radius 2 is 1.78 bits per heavy atom. The summed E-state index contributed by atoms with van der Waals surface area (Å²) in [4.78, 5) is 46.0. The van der Waals surface area contributed by atoms with E-state index < -0.39 is 17.9 Å². The van der Waals surface area contributed by atoms with Gasteiger partial charge in [-0.3, -0.25) is 24.3 Å². The average molecular weight is 497 g/mol. The number of nitrogens with zero attached hydrogens (tertiary/aromatic N) is 2. The minimum atomic E-state index is -0.979. The van der Waals surface area contributed by atoms with E-state index in [1.54, 1.807) is 30.6 Å². The van der Waals surface area contributed by atoms with Crippen LogP contribution >= 0.6 is 0 Å². The van der Waals surface area contributed by atoms with Crippen molar-refractivity contribution in [1.29, 1.82) is 0 Å². The fraction of sp³-hybridized carbons (Fsp3) is 0.241. The summed E-state index contributed by atoms with van der Waals surface area (Å²) in [7, 11) is 0. The molecule has 2 aromatic heterocycles. The van der Waals surface area contributed by atoms with Crippen LogP contribution in [0.15, 0.2) is 89.8 Å². The Labute approximate surface area is 214 Å². The third-order valence-corrected chi connectivity index (χ3v) is 6.65. The first-order valence-corrected chi connectivity index (χ1v) is 12.4. The highest BCUT2D eigenvalue weighted by Crippen LogP contribution is 2.34. The molecule has 1 saturated carbocycles. The number of hydrogen-bond donors (Lipinski definition) is 2. The zero-order valence-corrected chi connectivity index (χ0v) is 20.3. The molecule has 8 heteroatoms. The first-order valence-electron chi connectivity index (χ1n) is 12.4. The molecule has 4 aromatic rings. The highest BCUT2D eigenvalue weighted by Gasteiger charge is 2.35. The van der Waals surface area contributed by atoms with E-state index in [1.165, 1.54) is 17.2 Å². The fourth-order valence-corrected chi connectivity index (χ4v) is 4.88. The lowest BCUT2D eigenvalue weighted by atomic mass is 10.0. The molecule has 37 heavy (non-hydrogen) atoms. The third kappa shape index (κ3) is 5.38. The maximum atomic E-state index is 13.9. The monoisotopic (exact) mass is 496 g/mol. The molecule has 0 spiro atoms. The van der Waals surface area contributed by atoms with Crippen LogP contribution in [-0.4, -0.2) is 35.3 Å². The number of pyridine rings is 1. The number of benzene rings is 2. The second-order valence-corrected chi connectivity index (χ2v) is 9.10. The SMILES string of the molecule is O=C(NCC(=O)N(c1cccc2ccccc12)[C@H](C(=O)NC1CCCC1)c1cccnc1)c1ccco1. The van der Waals surface area contributed by atoms with Crippen LogP contribution in [0.5, 0.6) is 0 Å². The van der Waals surface area contributed by atoms with E-state index >= 15 is 0 Å². The molecule has 2 heterocycles. The number of carbonyl (C=O) groups is 3. The molecule has 3 amide bonds. The number of hydrogen-bond acceptors (Lipinski definition) is 5. The standard InChI is InChI=1S/C29H28N4O4/c34-26(19-31-28(35)25-15-7-17-37-25)33(24-14-5-9-20-8-1-4-13-23(20)24)27(21-10-6-16-30-18-21)29(36)32-22-11-2-3-12-22/h1,4-10,13-18,22,27H,2-3,11-12,19H2,(H,31,35)(H,32,36)/t27-/m0/s1. The van der Waals surface area contributed by atoms with E-state index in [4.69, 9.17) is 4.42 Å². The fourth-order valence-electron chi connectivity index (χ4n) is 4.88. The van der Waals surface area contributed by atoms with Crippen LogP contribution in [0.3, 0.4) is 0 Å². The average Bonchev–Trinajstić information content (AvgIpc) is 3.65. The number of fused-ring (bicyclic) bond motifs is 1. The van der Waals surface area contributed by atoms with Gasteiger partial charge in [-0.15, -0.1) is 0 Å². The van der Waals surface area contributed by atoms with Crippen LogP contribution < -0.4 is 15.5 Å². The molecule has 1 atom stereocenters. The molecule has 2 N–H and O–H groups in total. The Morgan fingerprint density at radius 3 is 2.54 bits per heavy atom. The van der Waals surface area contributed by atoms with Gasteiger partial charge in [0.1, 0.15) is 6.04 Å². The van der Waals surface area contributed by atoms with Gasteiger partial charge in [0.25, 0.3) is 5.91 Å². The molecular formula is C29H28N4O4. The highest BCUT2D eigenvalue weighted by atomic mass is 16.3. The Morgan fingerprint density at radius 1 is 0.973 bits per heavy atom. The van der Waals surface area contributed by atoms with Crippen molar-refractivity contribution in [3.05, 3.63) is 96.7 Å². The van der Waals surface area contributed by atoms with Crippen LogP contribution in [0, 0.1) is 0 Å². The number of amides is 3. The normalized spacial score (nSPS) is 14.3. The minimum Gasteiger partial charge on any atom is -0.459 e. The van der Waals surface area contributed by atoms with E-state index in [2.05, 4.69) is 15.6 Å². The Bertz CT molecular complexity index is 1380. The van der Waals surface area contributed by atoms with E-state index in [0.29, 0.717) is 11.3 Å². The molecule has 8 nitrogen and oxygen atoms in total. The van der Waals surface area contributed by atoms with Crippen molar-refractivity contribution in [2.75, 3.05) is 11.4 Å². The topological polar surface area (TPSA) is 105 Å². The summed E-state index contributed by atoms with van der Waals surface area (Å²) in [6.45, 7) is -0.323. The lowest BCUT2D eigenvalue weighted by molar-refractivity contribution is -0.126. The summed E-state index contributed by atoms with van der Waals surface area (Å²) >= 11 is 0. The van der Waals surface area contributed by atoms with Gasteiger partial charge in [0, 0.05) is 29.4 Å². The minimum absolute atomic E-state index is 0.0646. The zero-order valence-electron chi connectivity index (χ0n) is 20.3. The van der Waals surface area contributed by atoms with Crippen LogP contribution in [-0.2, 0) is 9.59 Å². The van der Waals surface area contributed by atoms with E-state index in [0.717, 1.165) is 36.5 Å². The number of rotatable bonds is 8. The first kappa shape index (κ1) is 24.2. The molecule has 0 bridgehead atoms. The Hall–Kier alpha value is -4.46. The van der Waals surface area contributed by atoms with E-state index in [-0.39, 0.29) is 24.3 Å². The summed E-state index contributed by atoms with van der Waals surface area (Å²) in [5, 5.41) is 7.53. The summed E-state index contributed by atoms with van der Waals surface area (Å²) in [6, 6.07) is 19.1. The summed E-state index contributed by atoms with van der Waals surface area (Å²) in [6.07, 6.45) is 8.57. The second kappa shape index (κ2) is 11.1. The molecule has 0 radical (unpaired) electrons. The van der Waals surface area contributed by atoms with Crippen LogP contribution in [0.1, 0.15) is 47.8 Å². The van der Waals surface area contributed by atoms with Crippen LogP contribution in [0.4, 0.5) is 5.69 Å². The third-order valence-electron chi connectivity index (χ3n) is 6.65. The number of anilines is 1. The number of furan rings is 1. The van der Waals surface area contributed by atoms with Crippen molar-refractivity contribution in [2.24, 2.45) is 0 Å². The first-order chi connectivity index (χ1) is 18.1. The largest absolute Gasteiger partial charge is 0.459 e. The van der Waals surface area contributed by atoms with Gasteiger partial charge in [-0.2, -0.15) is 0 Å². The van der Waals surface area contributed by atoms with Gasteiger partial charge >= 0.3 is 0 Å². The summed E-state index contributed by atoms with van der Waals surface area (Å²) in [5.74, 6) is -1.12. The van der Waals surface area contributed by atoms with E-state index in [1.807, 2.05) is 42.5 Å². The van der Waals surface area contributed by atoms with Crippen molar-refractivity contribution >= 4 is 34.2 Å². The van der Waals surface area contributed by atoms with Gasteiger partial charge in [0.05, 0.1) is 18.5 Å². The predicted octanol–water partition coefficient (Wildman–Crippen LogP) is 4.39. The van der Waals surface area contributed by atoms with Gasteiger partial charge in [0.2, 0.25) is 11.8 Å². The van der Waals surface area contributed by atoms with Gasteiger partial charge in [-0.05, 0) is 42.5 Å². The maximum absolute atomic E-state index is 13.9. The zero-order chi connectivity index (χ0) is 25.6. The van der Waals surface area contributed by atoms with Crippen LogP contribution in [0.25, 0.3) is 10.8 Å². The Kier molecular flexibility index (Phi) is 7.26. The molecule has 5 rings (SSSR count). The number of carbonyl (C=O) groups excluding carboxylic acids is 3. The van der Waals surface area contributed by atoms with Crippen LogP contribution in [0.2, 0.25) is 0 Å². The molecule has 0 unspecified atom stereocenters. The van der Waals surface area contributed by atoms with Crippen molar-refractivity contribution in [3.8, 4) is 0 Å². The molecule has 1 fully saturated rings. The molecule has 2 aromatic carbocycles. The van der Waals surface area contributed by atoms with Gasteiger partial charge in [-0.25, -0.2) is 0 Å². The van der Waals surface area contributed by atoms with Crippen molar-refractivity contribution in [1.82, 2.24) is 15.6 Å². The number of nitrogens with one attached hydrogen (secondary N) is 2. The van der Waals surface area contributed by atoms with Gasteiger partial charge < -0.3 is 15.1 Å². The van der Waals surface area contributed by atoms with Gasteiger partial charge in [0.15, 0.2) is 5.76 Å². The maximum Gasteiger partial charge on any atom is 0.287 e. The highest BCUT2D eigenvalue weighted by molar-refractivity contribution is 6.09. The van der Waals surface area contributed by atoms with Gasteiger partial charge in [-0.1, -0.05) is 55.3 Å². The lowest BCUT2D eigenvalue weighted by Gasteiger charge is -2.33. The summed E-state index contributed by atoms with van der Waals surface area (Å²) in [5.41, 5.74) is 1.16. The Balaban J connectivity index is 1.55. The van der Waals surface area contributed by atoms with Crippen molar-refractivity contribution in [3.63, 3.8) is 0 Å². The molecular weight excluding hydrogens is 468 g/mol. The smallest absolute Gasteiger partial charge is 0.287 e.